The van der Waals surface area contributed by atoms with E-state index in [0.717, 1.165) is 11.1 Å². The maximum Gasteiger partial charge on any atom is 0.338 e. The van der Waals surface area contributed by atoms with Crippen molar-refractivity contribution in [2.75, 3.05) is 11.9 Å². The fourth-order valence-corrected chi connectivity index (χ4v) is 2.77. The molecule has 0 fully saturated rings. The number of halogens is 2. The van der Waals surface area contributed by atoms with E-state index in [2.05, 4.69) is 10.4 Å². The Bertz CT molecular complexity index is 1130. The van der Waals surface area contributed by atoms with E-state index in [0.29, 0.717) is 29.1 Å². The lowest BCUT2D eigenvalue weighted by Gasteiger charge is -2.08. The summed E-state index contributed by atoms with van der Waals surface area (Å²) in [5.41, 5.74) is 1.19. The zero-order valence-corrected chi connectivity index (χ0v) is 17.4. The van der Waals surface area contributed by atoms with Crippen molar-refractivity contribution >= 4 is 40.8 Å². The van der Waals surface area contributed by atoms with Gasteiger partial charge in [0.2, 0.25) is 0 Å². The fourth-order valence-electron chi connectivity index (χ4n) is 2.52. The molecular formula is C21H17Cl2N3O4. The Balaban J connectivity index is 1.70. The SMILES string of the molecule is CCCOC(=O)c1ccc(NC(=O)c2ccc(-n3ncc(Cl)c(Cl)c3=O)cc2)cc1. The largest absolute Gasteiger partial charge is 0.462 e. The predicted molar refractivity (Wildman–Crippen MR) is 115 cm³/mol. The third kappa shape index (κ3) is 4.87. The molecule has 0 unspecified atom stereocenters. The van der Waals surface area contributed by atoms with Crippen molar-refractivity contribution in [2.24, 2.45) is 0 Å². The molecule has 0 aliphatic carbocycles. The highest BCUT2D eigenvalue weighted by molar-refractivity contribution is 6.41. The molecule has 0 saturated carbocycles. The fraction of sp³-hybridized carbons (Fsp3) is 0.143. The molecule has 0 radical (unpaired) electrons. The Labute approximate surface area is 182 Å². The van der Waals surface area contributed by atoms with E-state index in [-0.39, 0.29) is 16.0 Å². The first-order valence-electron chi connectivity index (χ1n) is 9.03. The minimum absolute atomic E-state index is 0.0681. The van der Waals surface area contributed by atoms with Crippen molar-refractivity contribution in [3.05, 3.63) is 86.3 Å². The van der Waals surface area contributed by atoms with E-state index < -0.39 is 11.5 Å². The van der Waals surface area contributed by atoms with Crippen LogP contribution >= 0.6 is 23.2 Å². The molecule has 1 amide bonds. The number of ether oxygens (including phenoxy) is 1. The zero-order valence-electron chi connectivity index (χ0n) is 15.9. The Morgan fingerprint density at radius 1 is 1.03 bits per heavy atom. The van der Waals surface area contributed by atoms with Crippen LogP contribution in [0.25, 0.3) is 5.69 Å². The number of benzene rings is 2. The summed E-state index contributed by atoms with van der Waals surface area (Å²) < 4.78 is 6.16. The molecule has 3 aromatic rings. The average molecular weight is 446 g/mol. The molecule has 7 nitrogen and oxygen atoms in total. The number of aromatic nitrogens is 2. The van der Waals surface area contributed by atoms with Gasteiger partial charge in [-0.2, -0.15) is 9.78 Å². The van der Waals surface area contributed by atoms with Crippen LogP contribution in [0, 0.1) is 0 Å². The van der Waals surface area contributed by atoms with Gasteiger partial charge in [-0.1, -0.05) is 30.1 Å². The monoisotopic (exact) mass is 445 g/mol. The average Bonchev–Trinajstić information content (AvgIpc) is 2.76. The van der Waals surface area contributed by atoms with Crippen LogP contribution < -0.4 is 10.9 Å². The minimum Gasteiger partial charge on any atom is -0.462 e. The van der Waals surface area contributed by atoms with Gasteiger partial charge in [-0.25, -0.2) is 4.79 Å². The third-order valence-corrected chi connectivity index (χ3v) is 4.81. The number of carbonyl (C=O) groups is 2. The summed E-state index contributed by atoms with van der Waals surface area (Å²) in [4.78, 5) is 36.4. The van der Waals surface area contributed by atoms with Gasteiger partial charge in [0.25, 0.3) is 11.5 Å². The molecule has 0 saturated heterocycles. The first-order chi connectivity index (χ1) is 14.4. The smallest absolute Gasteiger partial charge is 0.338 e. The number of carbonyl (C=O) groups excluding carboxylic acids is 2. The van der Waals surface area contributed by atoms with Gasteiger partial charge in [0.1, 0.15) is 5.02 Å². The van der Waals surface area contributed by atoms with Gasteiger partial charge in [0.05, 0.1) is 29.1 Å². The van der Waals surface area contributed by atoms with Crippen LogP contribution in [-0.2, 0) is 4.74 Å². The van der Waals surface area contributed by atoms with Gasteiger partial charge >= 0.3 is 5.97 Å². The number of nitrogens with zero attached hydrogens (tertiary/aromatic N) is 2. The van der Waals surface area contributed by atoms with Crippen molar-refractivity contribution in [3.63, 3.8) is 0 Å². The highest BCUT2D eigenvalue weighted by atomic mass is 35.5. The molecule has 1 heterocycles. The van der Waals surface area contributed by atoms with E-state index in [1.165, 1.54) is 6.20 Å². The van der Waals surface area contributed by atoms with Crippen LogP contribution in [0.2, 0.25) is 10.0 Å². The van der Waals surface area contributed by atoms with Gasteiger partial charge in [-0.05, 0) is 55.0 Å². The molecule has 2 aromatic carbocycles. The van der Waals surface area contributed by atoms with E-state index in [9.17, 15) is 14.4 Å². The molecule has 0 aliphatic heterocycles. The van der Waals surface area contributed by atoms with Crippen molar-refractivity contribution < 1.29 is 14.3 Å². The minimum atomic E-state index is -0.557. The Morgan fingerprint density at radius 3 is 2.30 bits per heavy atom. The number of amides is 1. The molecule has 0 atom stereocenters. The highest BCUT2D eigenvalue weighted by Crippen LogP contribution is 2.17. The van der Waals surface area contributed by atoms with E-state index in [1.807, 2.05) is 6.92 Å². The van der Waals surface area contributed by atoms with Crippen LogP contribution in [0.5, 0.6) is 0 Å². The summed E-state index contributed by atoms with van der Waals surface area (Å²) in [6.07, 6.45) is 2.02. The number of hydrogen-bond donors (Lipinski definition) is 1. The maximum atomic E-state index is 12.5. The zero-order chi connectivity index (χ0) is 21.7. The van der Waals surface area contributed by atoms with Crippen molar-refractivity contribution in [1.29, 1.82) is 0 Å². The topological polar surface area (TPSA) is 90.3 Å². The second-order valence-corrected chi connectivity index (χ2v) is 7.02. The second kappa shape index (κ2) is 9.56. The van der Waals surface area contributed by atoms with Crippen LogP contribution in [0.3, 0.4) is 0 Å². The lowest BCUT2D eigenvalue weighted by Crippen LogP contribution is -2.21. The molecule has 154 valence electrons. The lowest BCUT2D eigenvalue weighted by molar-refractivity contribution is 0.0505. The van der Waals surface area contributed by atoms with E-state index in [1.54, 1.807) is 48.5 Å². The van der Waals surface area contributed by atoms with Gasteiger partial charge in [0.15, 0.2) is 0 Å². The quantitative estimate of drug-likeness (QED) is 0.569. The first kappa shape index (κ1) is 21.5. The molecule has 0 bridgehead atoms. The highest BCUT2D eigenvalue weighted by Gasteiger charge is 2.12. The predicted octanol–water partition coefficient (Wildman–Crippen LogP) is 4.36. The second-order valence-electron chi connectivity index (χ2n) is 6.24. The van der Waals surface area contributed by atoms with Gasteiger partial charge in [0, 0.05) is 11.3 Å². The third-order valence-electron chi connectivity index (χ3n) is 4.07. The van der Waals surface area contributed by atoms with Crippen LogP contribution in [0.15, 0.2) is 59.5 Å². The molecule has 1 N–H and O–H groups in total. The summed E-state index contributed by atoms with van der Waals surface area (Å²) in [5.74, 6) is -0.756. The van der Waals surface area contributed by atoms with Gasteiger partial charge in [-0.3, -0.25) is 9.59 Å². The van der Waals surface area contributed by atoms with Crippen molar-refractivity contribution in [1.82, 2.24) is 9.78 Å². The molecular weight excluding hydrogens is 429 g/mol. The lowest BCUT2D eigenvalue weighted by atomic mass is 10.1. The van der Waals surface area contributed by atoms with Gasteiger partial charge < -0.3 is 10.1 Å². The first-order valence-corrected chi connectivity index (χ1v) is 9.78. The summed E-state index contributed by atoms with van der Waals surface area (Å²) in [5, 5.41) is 6.62. The van der Waals surface area contributed by atoms with Crippen molar-refractivity contribution in [2.45, 2.75) is 13.3 Å². The van der Waals surface area contributed by atoms with E-state index in [4.69, 9.17) is 27.9 Å². The number of rotatable bonds is 6. The Morgan fingerprint density at radius 2 is 1.67 bits per heavy atom. The molecule has 9 heteroatoms. The standard InChI is InChI=1S/C21H17Cl2N3O4/c1-2-11-30-21(29)14-3-7-15(8-4-14)25-19(27)13-5-9-16(10-6-13)26-20(28)18(23)17(22)12-24-26/h3-10,12H,2,11H2,1H3,(H,25,27). The number of hydrogen-bond acceptors (Lipinski definition) is 5. The van der Waals surface area contributed by atoms with Gasteiger partial charge in [-0.15, -0.1) is 0 Å². The summed E-state index contributed by atoms with van der Waals surface area (Å²) >= 11 is 11.6. The molecule has 0 spiro atoms. The number of esters is 1. The molecule has 30 heavy (non-hydrogen) atoms. The molecule has 1 aromatic heterocycles. The number of nitrogens with one attached hydrogen (secondary N) is 1. The van der Waals surface area contributed by atoms with Crippen LogP contribution in [0.4, 0.5) is 5.69 Å². The van der Waals surface area contributed by atoms with Crippen LogP contribution in [-0.4, -0.2) is 28.3 Å². The normalized spacial score (nSPS) is 10.5. The molecule has 0 aliphatic rings. The maximum absolute atomic E-state index is 12.5. The summed E-state index contributed by atoms with van der Waals surface area (Å²) in [6, 6.07) is 12.6. The summed E-state index contributed by atoms with van der Waals surface area (Å²) in [6.45, 7) is 2.27. The summed E-state index contributed by atoms with van der Waals surface area (Å²) in [7, 11) is 0. The molecule has 3 rings (SSSR count). The van der Waals surface area contributed by atoms with E-state index >= 15 is 0 Å². The Hall–Kier alpha value is -3.16. The Kier molecular flexibility index (Phi) is 6.87. The van der Waals surface area contributed by atoms with Crippen molar-refractivity contribution in [3.8, 4) is 5.69 Å². The number of anilines is 1. The van der Waals surface area contributed by atoms with Crippen LogP contribution in [0.1, 0.15) is 34.1 Å².